The Kier molecular flexibility index (Phi) is 12.7. The number of fused-ring (bicyclic) bond motifs is 7. The quantitative estimate of drug-likeness (QED) is 0.112. The van der Waals surface area contributed by atoms with Gasteiger partial charge in [0, 0.05) is 11.3 Å². The molecule has 18 nitrogen and oxygen atoms in total. The third kappa shape index (κ3) is 7.28. The predicted octanol–water partition coefficient (Wildman–Crippen LogP) is 0.579. The largest absolute Gasteiger partial charge is 0.481 e. The molecule has 0 amide bonds. The molecule has 0 aromatic heterocycles. The Bertz CT molecular complexity index is 1790. The van der Waals surface area contributed by atoms with Gasteiger partial charge in [-0.05, 0) is 92.3 Å². The summed E-state index contributed by atoms with van der Waals surface area (Å²) in [7, 11) is 0. The molecule has 3 heterocycles. The molecule has 3 aliphatic heterocycles. The Balaban J connectivity index is 1.08. The minimum absolute atomic E-state index is 0.0612. The molecule has 356 valence electrons. The lowest BCUT2D eigenvalue weighted by Crippen LogP contribution is -2.67. The van der Waals surface area contributed by atoms with E-state index < -0.39 is 122 Å². The van der Waals surface area contributed by atoms with Gasteiger partial charge in [0.1, 0.15) is 54.9 Å². The van der Waals surface area contributed by atoms with Gasteiger partial charge in [-0.2, -0.15) is 0 Å². The highest BCUT2D eigenvalue weighted by Crippen LogP contribution is 2.75. The predicted molar refractivity (Wildman–Crippen MR) is 216 cm³/mol. The van der Waals surface area contributed by atoms with Gasteiger partial charge in [-0.3, -0.25) is 4.79 Å². The first-order valence-electron chi connectivity index (χ1n) is 22.6. The van der Waals surface area contributed by atoms with E-state index in [0.29, 0.717) is 32.1 Å². The molecule has 0 aromatic rings. The molecule has 3 saturated heterocycles. The van der Waals surface area contributed by atoms with Gasteiger partial charge in [-0.25, -0.2) is 4.79 Å². The van der Waals surface area contributed by atoms with E-state index in [1.54, 1.807) is 0 Å². The maximum atomic E-state index is 13.0. The van der Waals surface area contributed by atoms with Crippen LogP contribution in [0, 0.1) is 44.8 Å². The summed E-state index contributed by atoms with van der Waals surface area (Å²) in [5, 5.41) is 106. The van der Waals surface area contributed by atoms with Crippen LogP contribution in [0.25, 0.3) is 0 Å². The Labute approximate surface area is 366 Å². The molecule has 22 unspecified atom stereocenters. The van der Waals surface area contributed by atoms with Crippen LogP contribution in [0.2, 0.25) is 0 Å². The van der Waals surface area contributed by atoms with E-state index in [9.17, 15) is 60.7 Å². The minimum atomic E-state index is -2.02. The van der Waals surface area contributed by atoms with Crippen molar-refractivity contribution in [3.05, 3.63) is 23.8 Å². The number of carboxylic acid groups (broad SMARTS) is 2. The van der Waals surface area contributed by atoms with E-state index in [0.717, 1.165) is 37.7 Å². The van der Waals surface area contributed by atoms with Crippen LogP contribution >= 0.6 is 0 Å². The second-order valence-corrected chi connectivity index (χ2v) is 21.0. The Morgan fingerprint density at radius 2 is 1.41 bits per heavy atom. The van der Waals surface area contributed by atoms with Crippen LogP contribution in [-0.2, 0) is 38.0 Å². The summed E-state index contributed by atoms with van der Waals surface area (Å²) >= 11 is 0. The lowest BCUT2D eigenvalue weighted by atomic mass is 9.34. The molecule has 7 fully saturated rings. The fourth-order valence-electron chi connectivity index (χ4n) is 14.1. The van der Waals surface area contributed by atoms with Crippen molar-refractivity contribution in [3.63, 3.8) is 0 Å². The van der Waals surface area contributed by atoms with Crippen molar-refractivity contribution >= 4 is 11.9 Å². The first-order valence-corrected chi connectivity index (χ1v) is 22.6. The molecule has 0 aromatic carbocycles. The van der Waals surface area contributed by atoms with Crippen molar-refractivity contribution in [1.82, 2.24) is 0 Å². The smallest absolute Gasteiger partial charge is 0.335 e. The van der Waals surface area contributed by atoms with E-state index in [1.165, 1.54) is 5.57 Å². The minimum Gasteiger partial charge on any atom is -0.481 e. The molecule has 4 saturated carbocycles. The number of carboxylic acids is 2. The summed E-state index contributed by atoms with van der Waals surface area (Å²) in [5.74, 6) is -2.33. The summed E-state index contributed by atoms with van der Waals surface area (Å²) in [6.07, 6.45) is -14.1. The fraction of sp³-hybridized carbons (Fsp3) is 0.867. The molecule has 0 radical (unpaired) electrons. The van der Waals surface area contributed by atoms with E-state index in [-0.39, 0.29) is 40.6 Å². The SMILES string of the molecule is C=C1CCC2(C(=O)O)CCC3(C)C(=CCC4C5(C)CCC(OC6OCC(O)C(OC7OC(C(=O)O)C(O)C(O)C7O)C6OC6OCC(O)C(O)C6O)C(C)(CO)C5CCC43C)C2C1. The number of carbonyl (C=O) groups is 2. The van der Waals surface area contributed by atoms with Crippen LogP contribution < -0.4 is 0 Å². The molecular weight excluding hydrogens is 828 g/mol. The van der Waals surface area contributed by atoms with Crippen LogP contribution in [0.1, 0.15) is 91.9 Å². The average molecular weight is 897 g/mol. The van der Waals surface area contributed by atoms with Gasteiger partial charge in [0.05, 0.1) is 31.3 Å². The van der Waals surface area contributed by atoms with Gasteiger partial charge in [0.2, 0.25) is 0 Å². The summed E-state index contributed by atoms with van der Waals surface area (Å²) in [6.45, 7) is 12.2. The van der Waals surface area contributed by atoms with E-state index in [2.05, 4.69) is 33.4 Å². The van der Waals surface area contributed by atoms with Crippen molar-refractivity contribution in [2.24, 2.45) is 44.8 Å². The van der Waals surface area contributed by atoms with E-state index >= 15 is 0 Å². The van der Waals surface area contributed by atoms with Gasteiger partial charge < -0.3 is 79.5 Å². The molecular formula is C45H68O18. The Morgan fingerprint density at radius 1 is 0.746 bits per heavy atom. The Morgan fingerprint density at radius 3 is 2.10 bits per heavy atom. The molecule has 63 heavy (non-hydrogen) atoms. The maximum Gasteiger partial charge on any atom is 0.335 e. The van der Waals surface area contributed by atoms with Crippen molar-refractivity contribution in [3.8, 4) is 0 Å². The third-order valence-corrected chi connectivity index (χ3v) is 18.1. The highest BCUT2D eigenvalue weighted by Gasteiger charge is 2.70. The van der Waals surface area contributed by atoms with Crippen LogP contribution in [0.4, 0.5) is 0 Å². The van der Waals surface area contributed by atoms with Crippen molar-refractivity contribution in [2.75, 3.05) is 19.8 Å². The lowest BCUT2D eigenvalue weighted by Gasteiger charge is -2.71. The molecule has 10 N–H and O–H groups in total. The van der Waals surface area contributed by atoms with Gasteiger partial charge in [-0.1, -0.05) is 51.5 Å². The lowest BCUT2D eigenvalue weighted by molar-refractivity contribution is -0.383. The molecule has 0 spiro atoms. The van der Waals surface area contributed by atoms with Crippen LogP contribution in [0.15, 0.2) is 23.8 Å². The normalized spacial score (nSPS) is 53.6. The molecule has 5 aliphatic carbocycles. The number of aliphatic hydroxyl groups is 8. The zero-order valence-corrected chi connectivity index (χ0v) is 36.5. The molecule has 8 rings (SSSR count). The zero-order chi connectivity index (χ0) is 45.8. The number of hydrogen-bond acceptors (Lipinski definition) is 16. The molecule has 22 atom stereocenters. The highest BCUT2D eigenvalue weighted by atomic mass is 16.8. The number of rotatable bonds is 9. The number of hydrogen-bond donors (Lipinski definition) is 10. The summed E-state index contributed by atoms with van der Waals surface area (Å²) in [4.78, 5) is 24.9. The highest BCUT2D eigenvalue weighted by molar-refractivity contribution is 5.77. The number of allylic oxidation sites excluding steroid dienone is 3. The average Bonchev–Trinajstić information content (AvgIpc) is 3.23. The third-order valence-electron chi connectivity index (χ3n) is 18.1. The first-order chi connectivity index (χ1) is 29.6. The van der Waals surface area contributed by atoms with E-state index in [1.807, 2.05) is 6.92 Å². The van der Waals surface area contributed by atoms with Crippen molar-refractivity contribution < 1.29 is 89.1 Å². The van der Waals surface area contributed by atoms with Crippen molar-refractivity contribution in [2.45, 2.75) is 178 Å². The second-order valence-electron chi connectivity index (χ2n) is 21.0. The van der Waals surface area contributed by atoms with Gasteiger partial charge in [0.25, 0.3) is 0 Å². The van der Waals surface area contributed by atoms with Gasteiger partial charge in [0.15, 0.2) is 25.0 Å². The maximum absolute atomic E-state index is 13.0. The first kappa shape index (κ1) is 47.4. The molecule has 8 aliphatic rings. The monoisotopic (exact) mass is 896 g/mol. The van der Waals surface area contributed by atoms with E-state index in [4.69, 9.17) is 28.4 Å². The Hall–Kier alpha value is -2.14. The van der Waals surface area contributed by atoms with Crippen molar-refractivity contribution in [1.29, 1.82) is 0 Å². The summed E-state index contributed by atoms with van der Waals surface area (Å²) < 4.78 is 36.0. The van der Waals surface area contributed by atoms with Crippen LogP contribution in [0.3, 0.4) is 0 Å². The second kappa shape index (κ2) is 16.9. The number of aliphatic hydroxyl groups excluding tert-OH is 8. The number of aliphatic carboxylic acids is 2. The summed E-state index contributed by atoms with van der Waals surface area (Å²) in [5.41, 5.74) is 0.0156. The number of ether oxygens (including phenoxy) is 6. The topological polar surface area (TPSA) is 292 Å². The summed E-state index contributed by atoms with van der Waals surface area (Å²) in [6, 6.07) is 0. The van der Waals surface area contributed by atoms with Crippen LogP contribution in [0.5, 0.6) is 0 Å². The van der Waals surface area contributed by atoms with Gasteiger partial charge >= 0.3 is 11.9 Å². The van der Waals surface area contributed by atoms with Crippen LogP contribution in [-0.4, -0.2) is 169 Å². The fourth-order valence-corrected chi connectivity index (χ4v) is 14.1. The molecule has 0 bridgehead atoms. The molecule has 18 heteroatoms. The zero-order valence-electron chi connectivity index (χ0n) is 36.5. The van der Waals surface area contributed by atoms with Gasteiger partial charge in [-0.15, -0.1) is 0 Å². The standard InChI is InChI=1S/C45H68O18/c1-20-8-13-45(40(56)57)15-14-43(4)21(22(45)16-20)6-7-26-41(2)11-10-27(42(3,19-46)25(41)9-12-44(26,43)5)60-39-35(63-37-31(52)28(49)23(47)17-58-37)33(24(48)18-59-39)61-38-32(53)29(50)30(51)34(62-38)36(54)55/h6,22-35,37-39,46-53H,1,7-19H2,2-5H3,(H,54,55)(H,56,57).